The molecule has 16 heavy (non-hydrogen) atoms. The van der Waals surface area contributed by atoms with Gasteiger partial charge in [0.1, 0.15) is 5.82 Å². The quantitative estimate of drug-likeness (QED) is 0.847. The monoisotopic (exact) mass is 220 g/mol. The molecule has 1 saturated heterocycles. The Labute approximate surface area is 97.2 Å². The van der Waals surface area contributed by atoms with Gasteiger partial charge in [-0.3, -0.25) is 0 Å². The first-order chi connectivity index (χ1) is 7.79. The lowest BCUT2D eigenvalue weighted by Gasteiger charge is -2.22. The van der Waals surface area contributed by atoms with Gasteiger partial charge in [-0.1, -0.05) is 13.0 Å². The minimum Gasteiger partial charge on any atom is -0.381 e. The number of aromatic nitrogens is 1. The third-order valence-corrected chi connectivity index (χ3v) is 3.20. The molecule has 0 aromatic carbocycles. The van der Waals surface area contributed by atoms with Gasteiger partial charge in [0.15, 0.2) is 0 Å². The second-order valence-corrected chi connectivity index (χ2v) is 4.45. The number of nitrogens with one attached hydrogen (secondary N) is 1. The summed E-state index contributed by atoms with van der Waals surface area (Å²) in [4.78, 5) is 4.48. The fraction of sp³-hybridized carbons (Fsp3) is 0.615. The van der Waals surface area contributed by atoms with Gasteiger partial charge in [-0.05, 0) is 31.9 Å². The Balaban J connectivity index is 2.00. The molecule has 1 aliphatic rings. The van der Waals surface area contributed by atoms with E-state index in [1.807, 2.05) is 25.1 Å². The van der Waals surface area contributed by atoms with Crippen LogP contribution in [0, 0.1) is 12.8 Å². The number of hydrogen-bond donors (Lipinski definition) is 1. The summed E-state index contributed by atoms with van der Waals surface area (Å²) in [6, 6.07) is 6.58. The van der Waals surface area contributed by atoms with Crippen LogP contribution in [0.2, 0.25) is 0 Å². The van der Waals surface area contributed by atoms with Crippen molar-refractivity contribution in [2.75, 3.05) is 18.5 Å². The Bertz CT molecular complexity index is 334. The van der Waals surface area contributed by atoms with Gasteiger partial charge in [0.05, 0.1) is 6.61 Å². The highest BCUT2D eigenvalue weighted by molar-refractivity contribution is 5.36. The van der Waals surface area contributed by atoms with Crippen LogP contribution in [0.25, 0.3) is 0 Å². The first kappa shape index (κ1) is 11.4. The Morgan fingerprint density at radius 2 is 2.44 bits per heavy atom. The number of pyridine rings is 1. The van der Waals surface area contributed by atoms with Crippen LogP contribution >= 0.6 is 0 Å². The molecule has 2 rings (SSSR count). The van der Waals surface area contributed by atoms with E-state index in [1.54, 1.807) is 0 Å². The molecule has 1 N–H and O–H groups in total. The predicted octanol–water partition coefficient (Wildman–Crippen LogP) is 2.62. The molecular weight excluding hydrogens is 200 g/mol. The van der Waals surface area contributed by atoms with Gasteiger partial charge in [-0.25, -0.2) is 4.98 Å². The van der Waals surface area contributed by atoms with E-state index in [0.29, 0.717) is 12.0 Å². The third kappa shape index (κ3) is 2.73. The van der Waals surface area contributed by atoms with Crippen LogP contribution in [-0.4, -0.2) is 24.2 Å². The summed E-state index contributed by atoms with van der Waals surface area (Å²) >= 11 is 0. The molecule has 0 spiro atoms. The summed E-state index contributed by atoms with van der Waals surface area (Å²) in [5.41, 5.74) is 1.06. The van der Waals surface area contributed by atoms with Gasteiger partial charge in [0.25, 0.3) is 0 Å². The average Bonchev–Trinajstić information content (AvgIpc) is 2.79. The molecule has 1 fully saturated rings. The van der Waals surface area contributed by atoms with E-state index in [-0.39, 0.29) is 0 Å². The zero-order valence-electron chi connectivity index (χ0n) is 10.1. The Hall–Kier alpha value is -1.09. The number of anilines is 1. The highest BCUT2D eigenvalue weighted by Gasteiger charge is 2.24. The minimum atomic E-state index is 0.483. The topological polar surface area (TPSA) is 34.2 Å². The summed E-state index contributed by atoms with van der Waals surface area (Å²) in [6.07, 6.45) is 2.28. The van der Waals surface area contributed by atoms with Crippen molar-refractivity contribution in [1.82, 2.24) is 4.98 Å². The molecule has 0 aliphatic carbocycles. The predicted molar refractivity (Wildman–Crippen MR) is 65.6 cm³/mol. The third-order valence-electron chi connectivity index (χ3n) is 3.20. The Morgan fingerprint density at radius 1 is 1.56 bits per heavy atom. The summed E-state index contributed by atoms with van der Waals surface area (Å²) in [5, 5.41) is 3.52. The highest BCUT2D eigenvalue weighted by Crippen LogP contribution is 2.21. The number of rotatable bonds is 4. The van der Waals surface area contributed by atoms with Crippen LogP contribution in [0.3, 0.4) is 0 Å². The van der Waals surface area contributed by atoms with E-state index < -0.39 is 0 Å². The SMILES string of the molecule is CCC(Nc1cccc(C)n1)C1CCOC1. The van der Waals surface area contributed by atoms with E-state index in [9.17, 15) is 0 Å². The molecule has 0 radical (unpaired) electrons. The Kier molecular flexibility index (Phi) is 3.78. The summed E-state index contributed by atoms with van der Waals surface area (Å²) < 4.78 is 5.44. The number of nitrogens with zero attached hydrogens (tertiary/aromatic N) is 1. The van der Waals surface area contributed by atoms with Crippen LogP contribution in [0.4, 0.5) is 5.82 Å². The van der Waals surface area contributed by atoms with E-state index in [4.69, 9.17) is 4.74 Å². The Morgan fingerprint density at radius 3 is 3.06 bits per heavy atom. The van der Waals surface area contributed by atoms with Crippen molar-refractivity contribution in [3.8, 4) is 0 Å². The van der Waals surface area contributed by atoms with Crippen molar-refractivity contribution in [1.29, 1.82) is 0 Å². The van der Waals surface area contributed by atoms with Crippen LogP contribution in [0.15, 0.2) is 18.2 Å². The van der Waals surface area contributed by atoms with E-state index in [2.05, 4.69) is 17.2 Å². The molecule has 1 aromatic heterocycles. The van der Waals surface area contributed by atoms with Crippen molar-refractivity contribution < 1.29 is 4.74 Å². The lowest BCUT2D eigenvalue weighted by Crippen LogP contribution is -2.29. The zero-order chi connectivity index (χ0) is 11.4. The molecule has 1 aliphatic heterocycles. The van der Waals surface area contributed by atoms with Gasteiger partial charge in [0, 0.05) is 24.3 Å². The summed E-state index contributed by atoms with van der Waals surface area (Å²) in [6.45, 7) is 6.03. The molecule has 0 saturated carbocycles. The maximum Gasteiger partial charge on any atom is 0.126 e. The second kappa shape index (κ2) is 5.30. The first-order valence-electron chi connectivity index (χ1n) is 6.07. The van der Waals surface area contributed by atoms with E-state index in [1.165, 1.54) is 0 Å². The number of ether oxygens (including phenoxy) is 1. The molecule has 88 valence electrons. The first-order valence-corrected chi connectivity index (χ1v) is 6.07. The fourth-order valence-corrected chi connectivity index (χ4v) is 2.24. The molecular formula is C13H20N2O. The van der Waals surface area contributed by atoms with Crippen molar-refractivity contribution in [2.24, 2.45) is 5.92 Å². The van der Waals surface area contributed by atoms with Gasteiger partial charge >= 0.3 is 0 Å². The van der Waals surface area contributed by atoms with Crippen molar-refractivity contribution in [3.63, 3.8) is 0 Å². The van der Waals surface area contributed by atoms with E-state index in [0.717, 1.165) is 37.6 Å². The minimum absolute atomic E-state index is 0.483. The molecule has 2 unspecified atom stereocenters. The molecule has 2 heterocycles. The van der Waals surface area contributed by atoms with Gasteiger partial charge in [0.2, 0.25) is 0 Å². The number of aryl methyl sites for hydroxylation is 1. The normalized spacial score (nSPS) is 22.0. The second-order valence-electron chi connectivity index (χ2n) is 4.45. The maximum atomic E-state index is 5.44. The van der Waals surface area contributed by atoms with E-state index >= 15 is 0 Å². The molecule has 2 atom stereocenters. The largest absolute Gasteiger partial charge is 0.381 e. The molecule has 0 amide bonds. The average molecular weight is 220 g/mol. The van der Waals surface area contributed by atoms with Crippen LogP contribution in [0.1, 0.15) is 25.5 Å². The van der Waals surface area contributed by atoms with Crippen molar-refractivity contribution >= 4 is 5.82 Å². The smallest absolute Gasteiger partial charge is 0.126 e. The molecule has 1 aromatic rings. The number of hydrogen-bond acceptors (Lipinski definition) is 3. The van der Waals surface area contributed by atoms with Crippen molar-refractivity contribution in [3.05, 3.63) is 23.9 Å². The highest BCUT2D eigenvalue weighted by atomic mass is 16.5. The van der Waals surface area contributed by atoms with Crippen LogP contribution in [0.5, 0.6) is 0 Å². The van der Waals surface area contributed by atoms with Crippen molar-refractivity contribution in [2.45, 2.75) is 32.7 Å². The van der Waals surface area contributed by atoms with Gasteiger partial charge in [-0.15, -0.1) is 0 Å². The fourth-order valence-electron chi connectivity index (χ4n) is 2.24. The maximum absolute atomic E-state index is 5.44. The lowest BCUT2D eigenvalue weighted by molar-refractivity contribution is 0.182. The van der Waals surface area contributed by atoms with Gasteiger partial charge < -0.3 is 10.1 Å². The molecule has 0 bridgehead atoms. The van der Waals surface area contributed by atoms with Crippen LogP contribution < -0.4 is 5.32 Å². The zero-order valence-corrected chi connectivity index (χ0v) is 10.1. The summed E-state index contributed by atoms with van der Waals surface area (Å²) in [7, 11) is 0. The van der Waals surface area contributed by atoms with Crippen LogP contribution in [-0.2, 0) is 4.74 Å². The molecule has 3 heteroatoms. The molecule has 3 nitrogen and oxygen atoms in total. The standard InChI is InChI=1S/C13H20N2O/c1-3-12(11-7-8-16-9-11)15-13-6-4-5-10(2)14-13/h4-6,11-12H,3,7-9H2,1-2H3,(H,14,15). The lowest BCUT2D eigenvalue weighted by atomic mass is 9.97. The summed E-state index contributed by atoms with van der Waals surface area (Å²) in [5.74, 6) is 1.62. The van der Waals surface area contributed by atoms with Gasteiger partial charge in [-0.2, -0.15) is 0 Å².